The molecule has 146 valence electrons. The average molecular weight is 377 g/mol. The topological polar surface area (TPSA) is 85.8 Å². The van der Waals surface area contributed by atoms with Crippen LogP contribution in [0, 0.1) is 25.2 Å². The van der Waals surface area contributed by atoms with Gasteiger partial charge in [-0.2, -0.15) is 5.26 Å². The van der Waals surface area contributed by atoms with Crippen LogP contribution < -0.4 is 10.9 Å². The van der Waals surface area contributed by atoms with Gasteiger partial charge in [-0.05, 0) is 80.7 Å². The summed E-state index contributed by atoms with van der Waals surface area (Å²) in [7, 11) is 0. The maximum Gasteiger partial charge on any atom is 0.266 e. The first-order valence-electron chi connectivity index (χ1n) is 9.94. The van der Waals surface area contributed by atoms with Crippen molar-refractivity contribution in [2.24, 2.45) is 0 Å². The number of benzene rings is 1. The minimum absolute atomic E-state index is 0.0336. The second-order valence-electron chi connectivity index (χ2n) is 7.69. The number of hydrogen-bond donors (Lipinski definition) is 2. The van der Waals surface area contributed by atoms with Gasteiger partial charge in [0.1, 0.15) is 11.6 Å². The van der Waals surface area contributed by atoms with E-state index in [1.165, 1.54) is 24.0 Å². The summed E-state index contributed by atoms with van der Waals surface area (Å²) in [6, 6.07) is 8.45. The summed E-state index contributed by atoms with van der Waals surface area (Å²) in [5.74, 6) is -0.0336. The zero-order chi connectivity index (χ0) is 20.3. The molecule has 0 saturated heterocycles. The summed E-state index contributed by atoms with van der Waals surface area (Å²) < 4.78 is 0. The summed E-state index contributed by atoms with van der Waals surface area (Å²) in [6.07, 6.45) is 5.57. The molecule has 0 aliphatic heterocycles. The van der Waals surface area contributed by atoms with Crippen LogP contribution in [0.3, 0.4) is 0 Å². The van der Waals surface area contributed by atoms with Crippen molar-refractivity contribution in [1.29, 1.82) is 5.26 Å². The predicted molar refractivity (Wildman–Crippen MR) is 109 cm³/mol. The van der Waals surface area contributed by atoms with Crippen molar-refractivity contribution in [1.82, 2.24) is 10.3 Å². The van der Waals surface area contributed by atoms with Gasteiger partial charge in [0, 0.05) is 12.1 Å². The molecule has 5 nitrogen and oxygen atoms in total. The van der Waals surface area contributed by atoms with E-state index in [1.54, 1.807) is 13.8 Å². The number of pyridine rings is 1. The fourth-order valence-electron chi connectivity index (χ4n) is 4.08. The maximum absolute atomic E-state index is 12.5. The number of rotatable bonds is 5. The number of carbonyl (C=O) groups is 1. The summed E-state index contributed by atoms with van der Waals surface area (Å²) in [5.41, 5.74) is 6.00. The van der Waals surface area contributed by atoms with E-state index in [0.29, 0.717) is 18.4 Å². The third-order valence-corrected chi connectivity index (χ3v) is 5.77. The normalized spacial score (nSPS) is 14.1. The summed E-state index contributed by atoms with van der Waals surface area (Å²) in [5, 5.41) is 12.2. The molecule has 1 aliphatic rings. The molecule has 5 heteroatoms. The zero-order valence-corrected chi connectivity index (χ0v) is 16.8. The van der Waals surface area contributed by atoms with Crippen LogP contribution in [0.4, 0.5) is 0 Å². The molecule has 1 heterocycles. The summed E-state index contributed by atoms with van der Waals surface area (Å²) in [4.78, 5) is 27.0. The van der Waals surface area contributed by atoms with Crippen LogP contribution in [0.25, 0.3) is 0 Å². The molecular formula is C23H27N3O2. The molecule has 0 bridgehead atoms. The Kier molecular flexibility index (Phi) is 5.99. The van der Waals surface area contributed by atoms with Gasteiger partial charge in [0.05, 0.1) is 6.04 Å². The number of aromatic nitrogens is 1. The third kappa shape index (κ3) is 4.17. The molecule has 0 fully saturated rings. The highest BCUT2D eigenvalue weighted by atomic mass is 16.1. The van der Waals surface area contributed by atoms with Crippen molar-refractivity contribution < 1.29 is 4.79 Å². The Balaban J connectivity index is 1.65. The lowest BCUT2D eigenvalue weighted by Crippen LogP contribution is -2.27. The SMILES string of the molecule is Cc1[nH]c(=O)c(C#N)c(C)c1CCC(=O)NC(C)c1ccc2c(c1)CCCC2. The second-order valence-corrected chi connectivity index (χ2v) is 7.69. The number of aryl methyl sites for hydroxylation is 3. The van der Waals surface area contributed by atoms with E-state index in [-0.39, 0.29) is 23.1 Å². The lowest BCUT2D eigenvalue weighted by atomic mass is 9.89. The maximum atomic E-state index is 12.5. The van der Waals surface area contributed by atoms with Crippen molar-refractivity contribution >= 4 is 5.91 Å². The number of nitrogens with one attached hydrogen (secondary N) is 2. The molecule has 2 aromatic rings. The number of nitriles is 1. The van der Waals surface area contributed by atoms with Gasteiger partial charge < -0.3 is 10.3 Å². The molecule has 28 heavy (non-hydrogen) atoms. The van der Waals surface area contributed by atoms with Crippen molar-refractivity contribution in [3.05, 3.63) is 67.6 Å². The number of hydrogen-bond acceptors (Lipinski definition) is 3. The molecule has 0 spiro atoms. The smallest absolute Gasteiger partial charge is 0.266 e. The van der Waals surface area contributed by atoms with E-state index in [0.717, 1.165) is 29.7 Å². The number of H-pyrrole nitrogens is 1. The fraction of sp³-hybridized carbons (Fsp3) is 0.435. The molecule has 1 aromatic carbocycles. The van der Waals surface area contributed by atoms with E-state index in [2.05, 4.69) is 28.5 Å². The van der Waals surface area contributed by atoms with E-state index in [9.17, 15) is 14.9 Å². The van der Waals surface area contributed by atoms with Crippen molar-refractivity contribution in [3.8, 4) is 6.07 Å². The molecule has 3 rings (SSSR count). The van der Waals surface area contributed by atoms with Gasteiger partial charge in [0.2, 0.25) is 5.91 Å². The minimum atomic E-state index is -0.369. The van der Waals surface area contributed by atoms with Crippen LogP contribution >= 0.6 is 0 Å². The first-order valence-corrected chi connectivity index (χ1v) is 9.94. The number of amides is 1. The van der Waals surface area contributed by atoms with Gasteiger partial charge in [-0.25, -0.2) is 0 Å². The first kappa shape index (κ1) is 19.9. The van der Waals surface area contributed by atoms with Crippen molar-refractivity contribution in [3.63, 3.8) is 0 Å². The minimum Gasteiger partial charge on any atom is -0.350 e. The Hall–Kier alpha value is -2.87. The number of aromatic amines is 1. The van der Waals surface area contributed by atoms with Gasteiger partial charge in [-0.3, -0.25) is 9.59 Å². The zero-order valence-electron chi connectivity index (χ0n) is 16.8. The largest absolute Gasteiger partial charge is 0.350 e. The molecule has 1 amide bonds. The van der Waals surface area contributed by atoms with Gasteiger partial charge in [-0.15, -0.1) is 0 Å². The highest BCUT2D eigenvalue weighted by Gasteiger charge is 2.16. The Morgan fingerprint density at radius 3 is 2.68 bits per heavy atom. The van der Waals surface area contributed by atoms with Crippen LogP contribution in [0.2, 0.25) is 0 Å². The van der Waals surface area contributed by atoms with Gasteiger partial charge in [0.15, 0.2) is 0 Å². The first-order chi connectivity index (χ1) is 13.4. The Morgan fingerprint density at radius 1 is 1.25 bits per heavy atom. The van der Waals surface area contributed by atoms with E-state index in [4.69, 9.17) is 0 Å². The quantitative estimate of drug-likeness (QED) is 0.835. The third-order valence-electron chi connectivity index (χ3n) is 5.77. The summed E-state index contributed by atoms with van der Waals surface area (Å²) in [6.45, 7) is 5.58. The van der Waals surface area contributed by atoms with Gasteiger partial charge >= 0.3 is 0 Å². The number of carbonyl (C=O) groups excluding carboxylic acids is 1. The van der Waals surface area contributed by atoms with Crippen molar-refractivity contribution in [2.45, 2.75) is 65.3 Å². The molecule has 0 radical (unpaired) electrons. The molecule has 0 saturated carbocycles. The second kappa shape index (κ2) is 8.43. The average Bonchev–Trinajstić information content (AvgIpc) is 2.67. The Bertz CT molecular complexity index is 998. The predicted octanol–water partition coefficient (Wildman–Crippen LogP) is 3.55. The van der Waals surface area contributed by atoms with E-state index >= 15 is 0 Å². The lowest BCUT2D eigenvalue weighted by Gasteiger charge is -2.20. The number of fused-ring (bicyclic) bond motifs is 1. The Labute approximate surface area is 165 Å². The van der Waals surface area contributed by atoms with Crippen LogP contribution in [0.1, 0.15) is 71.3 Å². The van der Waals surface area contributed by atoms with E-state index < -0.39 is 0 Å². The Morgan fingerprint density at radius 2 is 1.96 bits per heavy atom. The van der Waals surface area contributed by atoms with Crippen molar-refractivity contribution in [2.75, 3.05) is 0 Å². The highest BCUT2D eigenvalue weighted by molar-refractivity contribution is 5.76. The number of nitrogens with zero attached hydrogens (tertiary/aromatic N) is 1. The molecular weight excluding hydrogens is 350 g/mol. The highest BCUT2D eigenvalue weighted by Crippen LogP contribution is 2.25. The van der Waals surface area contributed by atoms with Crippen LogP contribution in [0.15, 0.2) is 23.0 Å². The van der Waals surface area contributed by atoms with Gasteiger partial charge in [-0.1, -0.05) is 18.2 Å². The van der Waals surface area contributed by atoms with Crippen LogP contribution in [-0.4, -0.2) is 10.9 Å². The van der Waals surface area contributed by atoms with Crippen LogP contribution in [0.5, 0.6) is 0 Å². The molecule has 1 atom stereocenters. The molecule has 1 aliphatic carbocycles. The monoisotopic (exact) mass is 377 g/mol. The lowest BCUT2D eigenvalue weighted by molar-refractivity contribution is -0.121. The van der Waals surface area contributed by atoms with Gasteiger partial charge in [0.25, 0.3) is 5.56 Å². The molecule has 2 N–H and O–H groups in total. The van der Waals surface area contributed by atoms with E-state index in [1.807, 2.05) is 13.0 Å². The standard InChI is InChI=1S/C23H27N3O2/c1-14-20(16(3)26-23(28)21(14)13-24)10-11-22(27)25-15(2)18-9-8-17-6-4-5-7-19(17)12-18/h8-9,12,15H,4-7,10-11H2,1-3H3,(H,25,27)(H,26,28). The molecule has 1 aromatic heterocycles. The van der Waals surface area contributed by atoms with Crippen LogP contribution in [-0.2, 0) is 24.1 Å². The fourth-order valence-corrected chi connectivity index (χ4v) is 4.08. The molecule has 1 unspecified atom stereocenters. The summed E-state index contributed by atoms with van der Waals surface area (Å²) >= 11 is 0.